The van der Waals surface area contributed by atoms with Gasteiger partial charge in [0.25, 0.3) is 0 Å². The Morgan fingerprint density at radius 3 is 2.36 bits per heavy atom. The molecule has 2 rings (SSSR count). The van der Waals surface area contributed by atoms with Crippen molar-refractivity contribution in [1.29, 1.82) is 0 Å². The number of methoxy groups -OCH3 is 1. The average Bonchev–Trinajstić information content (AvgIpc) is 3.20. The summed E-state index contributed by atoms with van der Waals surface area (Å²) in [5, 5.41) is 2.01. The zero-order valence-corrected chi connectivity index (χ0v) is 17.7. The predicted molar refractivity (Wildman–Crippen MR) is 112 cm³/mol. The van der Waals surface area contributed by atoms with E-state index in [4.69, 9.17) is 4.74 Å². The summed E-state index contributed by atoms with van der Waals surface area (Å²) in [6.45, 7) is 2.13. The Morgan fingerprint density at radius 2 is 1.75 bits per heavy atom. The predicted octanol–water partition coefficient (Wildman–Crippen LogP) is 3.30. The Labute approximate surface area is 171 Å². The standard InChI is InChI=1S/C21H29N3O3S/c1-22(2)21(26)23(12-8-13-27-3)17-20(25)24(16-19-11-7-14-28-19)15-18-9-5-4-6-10-18/h4-7,9-11,14H,8,12-13,15-17H2,1-3H3. The summed E-state index contributed by atoms with van der Waals surface area (Å²) in [6, 6.07) is 13.8. The highest BCUT2D eigenvalue weighted by Crippen LogP contribution is 2.15. The molecule has 0 unspecified atom stereocenters. The van der Waals surface area contributed by atoms with Crippen molar-refractivity contribution in [2.24, 2.45) is 0 Å². The minimum absolute atomic E-state index is 0.0545. The topological polar surface area (TPSA) is 53.1 Å². The van der Waals surface area contributed by atoms with Crippen molar-refractivity contribution in [1.82, 2.24) is 14.7 Å². The molecule has 3 amide bonds. The molecule has 28 heavy (non-hydrogen) atoms. The van der Waals surface area contributed by atoms with E-state index in [1.165, 1.54) is 4.90 Å². The van der Waals surface area contributed by atoms with Gasteiger partial charge in [0.05, 0.1) is 6.54 Å². The van der Waals surface area contributed by atoms with E-state index in [1.807, 2.05) is 52.7 Å². The number of hydrogen-bond acceptors (Lipinski definition) is 4. The number of hydrogen-bond donors (Lipinski definition) is 0. The van der Waals surface area contributed by atoms with Crippen LogP contribution in [0.1, 0.15) is 16.9 Å². The Balaban J connectivity index is 2.12. The highest BCUT2D eigenvalue weighted by molar-refractivity contribution is 7.09. The van der Waals surface area contributed by atoms with Crippen LogP contribution in [0.4, 0.5) is 4.79 Å². The second kappa shape index (κ2) is 11.5. The van der Waals surface area contributed by atoms with Crippen molar-refractivity contribution in [2.45, 2.75) is 19.5 Å². The lowest BCUT2D eigenvalue weighted by atomic mass is 10.2. The molecule has 0 atom stereocenters. The van der Waals surface area contributed by atoms with Gasteiger partial charge in [0, 0.05) is 45.8 Å². The van der Waals surface area contributed by atoms with E-state index in [9.17, 15) is 9.59 Å². The molecule has 0 radical (unpaired) electrons. The van der Waals surface area contributed by atoms with Crippen LogP contribution in [0.3, 0.4) is 0 Å². The van der Waals surface area contributed by atoms with E-state index in [2.05, 4.69) is 0 Å². The van der Waals surface area contributed by atoms with Crippen LogP contribution in [0.25, 0.3) is 0 Å². The maximum Gasteiger partial charge on any atom is 0.319 e. The minimum Gasteiger partial charge on any atom is -0.385 e. The maximum absolute atomic E-state index is 13.1. The molecule has 6 nitrogen and oxygen atoms in total. The fraction of sp³-hybridized carbons (Fsp3) is 0.429. The fourth-order valence-corrected chi connectivity index (χ4v) is 3.53. The number of rotatable bonds is 10. The van der Waals surface area contributed by atoms with E-state index in [-0.39, 0.29) is 18.5 Å². The average molecular weight is 404 g/mol. The van der Waals surface area contributed by atoms with Crippen molar-refractivity contribution < 1.29 is 14.3 Å². The van der Waals surface area contributed by atoms with Crippen molar-refractivity contribution in [3.8, 4) is 0 Å². The smallest absolute Gasteiger partial charge is 0.319 e. The van der Waals surface area contributed by atoms with Crippen LogP contribution in [-0.2, 0) is 22.6 Å². The molecule has 0 N–H and O–H groups in total. The Bertz CT molecular complexity index is 720. The van der Waals surface area contributed by atoms with Crippen molar-refractivity contribution in [3.05, 3.63) is 58.3 Å². The molecule has 0 aliphatic carbocycles. The van der Waals surface area contributed by atoms with E-state index < -0.39 is 0 Å². The lowest BCUT2D eigenvalue weighted by molar-refractivity contribution is -0.133. The van der Waals surface area contributed by atoms with Gasteiger partial charge in [-0.25, -0.2) is 4.79 Å². The van der Waals surface area contributed by atoms with Gasteiger partial charge < -0.3 is 19.4 Å². The number of benzene rings is 1. The second-order valence-corrected chi connectivity index (χ2v) is 7.79. The largest absolute Gasteiger partial charge is 0.385 e. The Morgan fingerprint density at radius 1 is 1.00 bits per heavy atom. The van der Waals surface area contributed by atoms with Crippen LogP contribution < -0.4 is 0 Å². The van der Waals surface area contributed by atoms with Gasteiger partial charge in [0.15, 0.2) is 0 Å². The summed E-state index contributed by atoms with van der Waals surface area (Å²) < 4.78 is 5.09. The summed E-state index contributed by atoms with van der Waals surface area (Å²) in [7, 11) is 5.03. The van der Waals surface area contributed by atoms with Gasteiger partial charge in [0.1, 0.15) is 6.54 Å². The molecule has 7 heteroatoms. The first kappa shape index (κ1) is 21.9. The van der Waals surface area contributed by atoms with Crippen LogP contribution in [0.2, 0.25) is 0 Å². The number of carbonyl (C=O) groups excluding carboxylic acids is 2. The molecule has 1 aromatic carbocycles. The lowest BCUT2D eigenvalue weighted by Gasteiger charge is -2.29. The first-order chi connectivity index (χ1) is 13.5. The van der Waals surface area contributed by atoms with E-state index in [1.54, 1.807) is 37.4 Å². The molecule has 1 aromatic heterocycles. The number of ether oxygens (including phenoxy) is 1. The second-order valence-electron chi connectivity index (χ2n) is 6.76. The zero-order valence-electron chi connectivity index (χ0n) is 16.8. The highest BCUT2D eigenvalue weighted by atomic mass is 32.1. The SMILES string of the molecule is COCCCN(CC(=O)N(Cc1ccccc1)Cc1cccs1)C(=O)N(C)C. The number of urea groups is 1. The van der Waals surface area contributed by atoms with Gasteiger partial charge in [-0.1, -0.05) is 36.4 Å². The molecule has 0 aliphatic rings. The van der Waals surface area contributed by atoms with Crippen molar-refractivity contribution in [2.75, 3.05) is 40.9 Å². The molecule has 1 heterocycles. The minimum atomic E-state index is -0.166. The molecule has 0 aliphatic heterocycles. The molecule has 0 saturated carbocycles. The highest BCUT2D eigenvalue weighted by Gasteiger charge is 2.23. The normalized spacial score (nSPS) is 10.5. The van der Waals surface area contributed by atoms with Crippen LogP contribution in [0.15, 0.2) is 47.8 Å². The quantitative estimate of drug-likeness (QED) is 0.572. The number of carbonyl (C=O) groups is 2. The number of nitrogens with zero attached hydrogens (tertiary/aromatic N) is 3. The van der Waals surface area contributed by atoms with Crippen LogP contribution in [0, 0.1) is 0 Å². The van der Waals surface area contributed by atoms with Gasteiger partial charge in [-0.05, 0) is 23.4 Å². The van der Waals surface area contributed by atoms with Crippen LogP contribution >= 0.6 is 11.3 Å². The summed E-state index contributed by atoms with van der Waals surface area (Å²) in [6.07, 6.45) is 0.687. The third-order valence-corrected chi connectivity index (χ3v) is 5.11. The summed E-state index contributed by atoms with van der Waals surface area (Å²) in [4.78, 5) is 31.7. The molecular weight excluding hydrogens is 374 g/mol. The van der Waals surface area contributed by atoms with Crippen molar-refractivity contribution in [3.63, 3.8) is 0 Å². The van der Waals surface area contributed by atoms with Crippen LogP contribution in [0.5, 0.6) is 0 Å². The molecular formula is C21H29N3O3S. The third-order valence-electron chi connectivity index (χ3n) is 4.25. The fourth-order valence-electron chi connectivity index (χ4n) is 2.81. The zero-order chi connectivity index (χ0) is 20.4. The first-order valence-electron chi connectivity index (χ1n) is 9.30. The van der Waals surface area contributed by atoms with Gasteiger partial charge >= 0.3 is 6.03 Å². The summed E-state index contributed by atoms with van der Waals surface area (Å²) in [5.41, 5.74) is 1.07. The molecule has 0 spiro atoms. The Kier molecular flexibility index (Phi) is 8.97. The lowest BCUT2D eigenvalue weighted by Crippen LogP contribution is -2.46. The molecule has 152 valence electrons. The van der Waals surface area contributed by atoms with Crippen molar-refractivity contribution >= 4 is 23.3 Å². The Hall–Kier alpha value is -2.38. The maximum atomic E-state index is 13.1. The first-order valence-corrected chi connectivity index (χ1v) is 10.2. The van der Waals surface area contributed by atoms with E-state index in [0.29, 0.717) is 32.7 Å². The van der Waals surface area contributed by atoms with E-state index >= 15 is 0 Å². The monoisotopic (exact) mass is 403 g/mol. The van der Waals surface area contributed by atoms with Gasteiger partial charge in [-0.15, -0.1) is 11.3 Å². The third kappa shape index (κ3) is 6.98. The van der Waals surface area contributed by atoms with Gasteiger partial charge in [-0.2, -0.15) is 0 Å². The van der Waals surface area contributed by atoms with Gasteiger partial charge in [-0.3, -0.25) is 4.79 Å². The summed E-state index contributed by atoms with van der Waals surface area (Å²) in [5.74, 6) is -0.0649. The molecule has 0 fully saturated rings. The van der Waals surface area contributed by atoms with Gasteiger partial charge in [0.2, 0.25) is 5.91 Å². The number of thiophene rings is 1. The number of amides is 3. The van der Waals surface area contributed by atoms with E-state index in [0.717, 1.165) is 10.4 Å². The molecule has 0 bridgehead atoms. The van der Waals surface area contributed by atoms with Crippen LogP contribution in [-0.4, -0.2) is 67.5 Å². The summed E-state index contributed by atoms with van der Waals surface area (Å²) >= 11 is 1.63. The molecule has 0 saturated heterocycles. The molecule has 2 aromatic rings.